The van der Waals surface area contributed by atoms with Crippen molar-refractivity contribution < 1.29 is 10.2 Å². The molecule has 22 heavy (non-hydrogen) atoms. The minimum atomic E-state index is -0.434. The lowest BCUT2D eigenvalue weighted by Gasteiger charge is -2.32. The fourth-order valence-electron chi connectivity index (χ4n) is 3.28. The third-order valence-corrected chi connectivity index (χ3v) is 4.55. The molecule has 1 aliphatic carbocycles. The summed E-state index contributed by atoms with van der Waals surface area (Å²) in [7, 11) is 2.03. The first-order valence-corrected chi connectivity index (χ1v) is 7.95. The molecule has 0 spiro atoms. The second kappa shape index (κ2) is 7.61. The topological polar surface area (TPSA) is 65.7 Å². The Morgan fingerprint density at radius 3 is 2.68 bits per heavy atom. The number of rotatable bonds is 6. The van der Waals surface area contributed by atoms with Crippen LogP contribution >= 0.6 is 0 Å². The molecule has 1 heterocycles. The van der Waals surface area contributed by atoms with E-state index in [2.05, 4.69) is 11.5 Å². The van der Waals surface area contributed by atoms with Gasteiger partial charge in [0.1, 0.15) is 0 Å². The van der Waals surface area contributed by atoms with E-state index in [1.807, 2.05) is 7.05 Å². The van der Waals surface area contributed by atoms with E-state index >= 15 is 0 Å². The minimum Gasteiger partial charge on any atom is -0.503 e. The molecular weight excluding hydrogens is 280 g/mol. The van der Waals surface area contributed by atoms with Gasteiger partial charge >= 0.3 is 0 Å². The Hall–Kier alpha value is -1.59. The Balaban J connectivity index is 2.33. The first-order valence-electron chi connectivity index (χ1n) is 7.95. The molecule has 0 atom stereocenters. The van der Waals surface area contributed by atoms with E-state index in [1.54, 1.807) is 10.6 Å². The monoisotopic (exact) mass is 306 g/mol. The van der Waals surface area contributed by atoms with Crippen molar-refractivity contribution in [3.8, 4) is 5.75 Å². The molecule has 0 amide bonds. The van der Waals surface area contributed by atoms with Crippen molar-refractivity contribution in [1.82, 2.24) is 9.47 Å². The first kappa shape index (κ1) is 16.8. The number of aromatic hydroxyl groups is 1. The van der Waals surface area contributed by atoms with Crippen LogP contribution < -0.4 is 5.43 Å². The van der Waals surface area contributed by atoms with Gasteiger partial charge in [-0.3, -0.25) is 9.69 Å². The Labute approximate surface area is 131 Å². The summed E-state index contributed by atoms with van der Waals surface area (Å²) in [5.74, 6) is -0.221. The maximum Gasteiger partial charge on any atom is 0.223 e. The molecule has 0 saturated heterocycles. The van der Waals surface area contributed by atoms with Crippen LogP contribution in [0.4, 0.5) is 0 Å². The number of nitrogens with zero attached hydrogens (tertiary/aromatic N) is 2. The predicted molar refractivity (Wildman–Crippen MR) is 86.8 cm³/mol. The summed E-state index contributed by atoms with van der Waals surface area (Å²) in [4.78, 5) is 14.1. The number of hydrogen-bond acceptors (Lipinski definition) is 4. The molecular formula is C17H26N2O3. The molecule has 5 heteroatoms. The Morgan fingerprint density at radius 2 is 2.09 bits per heavy atom. The molecule has 0 bridgehead atoms. The number of pyridine rings is 1. The van der Waals surface area contributed by atoms with Crippen LogP contribution in [0.15, 0.2) is 23.5 Å². The summed E-state index contributed by atoms with van der Waals surface area (Å²) in [5, 5.41) is 19.7. The van der Waals surface area contributed by atoms with Gasteiger partial charge in [0.05, 0.1) is 12.3 Å². The van der Waals surface area contributed by atoms with Crippen molar-refractivity contribution >= 4 is 0 Å². The lowest BCUT2D eigenvalue weighted by atomic mass is 9.94. The second-order valence-electron chi connectivity index (χ2n) is 6.06. The lowest BCUT2D eigenvalue weighted by molar-refractivity contribution is 0.177. The molecule has 1 aromatic rings. The Kier molecular flexibility index (Phi) is 5.80. The molecule has 122 valence electrons. The van der Waals surface area contributed by atoms with Gasteiger partial charge in [-0.05, 0) is 19.9 Å². The van der Waals surface area contributed by atoms with E-state index in [0.717, 1.165) is 12.8 Å². The highest BCUT2D eigenvalue weighted by atomic mass is 16.3. The Bertz CT molecular complexity index is 574. The van der Waals surface area contributed by atoms with Crippen LogP contribution in [0.25, 0.3) is 0 Å². The zero-order valence-electron chi connectivity index (χ0n) is 13.3. The van der Waals surface area contributed by atoms with Gasteiger partial charge < -0.3 is 14.8 Å². The summed E-state index contributed by atoms with van der Waals surface area (Å²) in [6.45, 7) is 4.43. The number of aliphatic hydroxyl groups is 1. The number of allylic oxidation sites excluding steroid dienone is 1. The van der Waals surface area contributed by atoms with Crippen LogP contribution in [0, 0.1) is 0 Å². The van der Waals surface area contributed by atoms with Gasteiger partial charge in [-0.25, -0.2) is 0 Å². The number of aromatic nitrogens is 1. The third-order valence-electron chi connectivity index (χ3n) is 4.55. The van der Waals surface area contributed by atoms with Crippen LogP contribution in [0.3, 0.4) is 0 Å². The van der Waals surface area contributed by atoms with Crippen LogP contribution in [-0.2, 0) is 19.7 Å². The third kappa shape index (κ3) is 3.59. The minimum absolute atomic E-state index is 0.221. The zero-order chi connectivity index (χ0) is 16.1. The molecule has 1 fully saturated rings. The summed E-state index contributed by atoms with van der Waals surface area (Å²) in [6.07, 6.45) is 7.77. The van der Waals surface area contributed by atoms with E-state index in [-0.39, 0.29) is 12.4 Å². The normalized spacial score (nSPS) is 16.1. The van der Waals surface area contributed by atoms with Gasteiger partial charge in [0, 0.05) is 30.9 Å². The predicted octanol–water partition coefficient (Wildman–Crippen LogP) is 2.00. The smallest absolute Gasteiger partial charge is 0.223 e. The van der Waals surface area contributed by atoms with Crippen LogP contribution in [0.5, 0.6) is 5.75 Å². The lowest BCUT2D eigenvalue weighted by Crippen LogP contribution is -2.34. The fourth-order valence-corrected chi connectivity index (χ4v) is 3.28. The van der Waals surface area contributed by atoms with Crippen molar-refractivity contribution in [2.75, 3.05) is 7.05 Å². The van der Waals surface area contributed by atoms with Crippen molar-refractivity contribution in [3.63, 3.8) is 0 Å². The molecule has 5 nitrogen and oxygen atoms in total. The number of hydrogen-bond donors (Lipinski definition) is 2. The SMILES string of the molecule is C=CCn1c(CO)cc(=O)c(O)c1CN(C)C1CCCCC1. The van der Waals surface area contributed by atoms with E-state index < -0.39 is 5.43 Å². The van der Waals surface area contributed by atoms with Crippen molar-refractivity contribution in [1.29, 1.82) is 0 Å². The molecule has 0 aliphatic heterocycles. The largest absolute Gasteiger partial charge is 0.503 e. The quantitative estimate of drug-likeness (QED) is 0.789. The van der Waals surface area contributed by atoms with E-state index in [4.69, 9.17) is 0 Å². The summed E-state index contributed by atoms with van der Waals surface area (Å²) >= 11 is 0. The van der Waals surface area contributed by atoms with E-state index in [1.165, 1.54) is 25.3 Å². The molecule has 2 N–H and O–H groups in total. The van der Waals surface area contributed by atoms with Crippen LogP contribution in [0.2, 0.25) is 0 Å². The molecule has 1 saturated carbocycles. The first-order chi connectivity index (χ1) is 10.6. The second-order valence-corrected chi connectivity index (χ2v) is 6.06. The highest BCUT2D eigenvalue weighted by Crippen LogP contribution is 2.25. The highest BCUT2D eigenvalue weighted by molar-refractivity contribution is 5.30. The highest BCUT2D eigenvalue weighted by Gasteiger charge is 2.21. The van der Waals surface area contributed by atoms with Crippen molar-refractivity contribution in [3.05, 3.63) is 40.3 Å². The average Bonchev–Trinajstić information content (AvgIpc) is 2.54. The van der Waals surface area contributed by atoms with E-state index in [9.17, 15) is 15.0 Å². The van der Waals surface area contributed by atoms with Gasteiger partial charge in [-0.15, -0.1) is 6.58 Å². The van der Waals surface area contributed by atoms with Gasteiger partial charge in [0.15, 0.2) is 5.75 Å². The molecule has 0 aromatic carbocycles. The molecule has 0 radical (unpaired) electrons. The zero-order valence-corrected chi connectivity index (χ0v) is 13.3. The van der Waals surface area contributed by atoms with Gasteiger partial charge in [-0.1, -0.05) is 25.3 Å². The van der Waals surface area contributed by atoms with Gasteiger partial charge in [0.2, 0.25) is 5.43 Å². The van der Waals surface area contributed by atoms with Crippen LogP contribution in [-0.4, -0.2) is 32.8 Å². The fraction of sp³-hybridized carbons (Fsp3) is 0.588. The van der Waals surface area contributed by atoms with E-state index in [0.29, 0.717) is 30.5 Å². The van der Waals surface area contributed by atoms with Crippen LogP contribution in [0.1, 0.15) is 43.5 Å². The summed E-state index contributed by atoms with van der Waals surface area (Å²) < 4.78 is 1.78. The summed E-state index contributed by atoms with van der Waals surface area (Å²) in [5.41, 5.74) is 0.635. The Morgan fingerprint density at radius 1 is 1.41 bits per heavy atom. The molecule has 1 aliphatic rings. The number of aliphatic hydroxyl groups excluding tert-OH is 1. The van der Waals surface area contributed by atoms with Gasteiger partial charge in [-0.2, -0.15) is 0 Å². The van der Waals surface area contributed by atoms with Gasteiger partial charge in [0.25, 0.3) is 0 Å². The maximum atomic E-state index is 11.9. The standard InChI is InChI=1S/C17H26N2O3/c1-3-9-19-14(12-20)10-16(21)17(22)15(19)11-18(2)13-7-5-4-6-8-13/h3,10,13,20,22H,1,4-9,11-12H2,2H3. The maximum absolute atomic E-state index is 11.9. The summed E-state index contributed by atoms with van der Waals surface area (Å²) in [6, 6.07) is 1.78. The molecule has 0 unspecified atom stereocenters. The molecule has 2 rings (SSSR count). The molecule has 1 aromatic heterocycles. The van der Waals surface area contributed by atoms with Crippen molar-refractivity contribution in [2.24, 2.45) is 0 Å². The van der Waals surface area contributed by atoms with Crippen molar-refractivity contribution in [2.45, 2.75) is 57.8 Å². The average molecular weight is 306 g/mol.